The summed E-state index contributed by atoms with van der Waals surface area (Å²) < 4.78 is 0. The predicted molar refractivity (Wildman–Crippen MR) is 19.2 cm³/mol. The minimum atomic E-state index is -0.301. The number of rotatable bonds is 1. The molecule has 0 rings (SSSR count). The molecule has 0 heterocycles. The summed E-state index contributed by atoms with van der Waals surface area (Å²) in [7, 11) is 0. The van der Waals surface area contributed by atoms with Gasteiger partial charge in [0.25, 0.3) is 0 Å². The largest absolute Gasteiger partial charge is 0.728 e. The van der Waals surface area contributed by atoms with E-state index in [9.17, 15) is 0 Å². The van der Waals surface area contributed by atoms with Crippen LogP contribution >= 0.6 is 0 Å². The van der Waals surface area contributed by atoms with Crippen LogP contribution in [-0.2, 0) is 70.2 Å². The van der Waals surface area contributed by atoms with Crippen molar-refractivity contribution < 1.29 is 70.2 Å². The second kappa shape index (κ2) is 10.4. The molecular formula is C3H3NOY2-2. The van der Waals surface area contributed by atoms with Crippen molar-refractivity contribution in [2.75, 3.05) is 0 Å². The minimum absolute atomic E-state index is 0. The first-order valence-corrected chi connectivity index (χ1v) is 1.06. The zero-order chi connectivity index (χ0) is 4.28. The van der Waals surface area contributed by atoms with Gasteiger partial charge in [0.05, 0.1) is 0 Å². The molecule has 0 saturated heterocycles. The van der Waals surface area contributed by atoms with Gasteiger partial charge >= 0.3 is 0 Å². The summed E-state index contributed by atoms with van der Waals surface area (Å²) in [5, 5.41) is 0. The van der Waals surface area contributed by atoms with E-state index in [1.165, 1.54) is 6.29 Å². The number of nitrogens with one attached hydrogen (secondary N) is 1. The molecule has 2 radical (unpaired) electrons. The molecule has 0 saturated carbocycles. The Morgan fingerprint density at radius 3 is 1.71 bits per heavy atom. The first-order valence-electron chi connectivity index (χ1n) is 1.06. The van der Waals surface area contributed by atoms with Crippen LogP contribution in [0.3, 0.4) is 0 Å². The second-order valence-electron chi connectivity index (χ2n) is 0.581. The maximum atomic E-state index is 9.09. The molecule has 0 aliphatic rings. The maximum Gasteiger partial charge on any atom is 0 e. The SMILES string of the molecule is C=C([NH-])[C-]=O.[Y].[Y]. The van der Waals surface area contributed by atoms with Crippen LogP contribution in [0.25, 0.3) is 5.73 Å². The summed E-state index contributed by atoms with van der Waals surface area (Å²) in [5.41, 5.74) is 5.91. The van der Waals surface area contributed by atoms with Gasteiger partial charge in [-0.15, -0.1) is 0 Å². The van der Waals surface area contributed by atoms with Crippen LogP contribution in [0, 0.1) is 0 Å². The molecule has 2 nitrogen and oxygen atoms in total. The Hall–Kier alpha value is 1.42. The van der Waals surface area contributed by atoms with E-state index < -0.39 is 0 Å². The van der Waals surface area contributed by atoms with Crippen LogP contribution in [0.5, 0.6) is 0 Å². The predicted octanol–water partition coefficient (Wildman–Crippen LogP) is 0.657. The number of carbonyl (C=O) groups excluding carboxylic acids is 1. The van der Waals surface area contributed by atoms with Crippen molar-refractivity contribution in [3.05, 3.63) is 18.0 Å². The van der Waals surface area contributed by atoms with Gasteiger partial charge in [-0.25, -0.2) is 0 Å². The van der Waals surface area contributed by atoms with Crippen LogP contribution in [0.2, 0.25) is 0 Å². The molecule has 0 aromatic carbocycles. The molecule has 4 heteroatoms. The first-order chi connectivity index (χ1) is 2.27. The molecule has 1 N–H and O–H groups in total. The van der Waals surface area contributed by atoms with E-state index in [0.717, 1.165) is 0 Å². The molecule has 0 unspecified atom stereocenters. The average Bonchev–Trinajstić information content (AvgIpc) is 1.38. The summed E-state index contributed by atoms with van der Waals surface area (Å²) in [5.74, 6) is 0. The fraction of sp³-hybridized carbons (Fsp3) is 0. The van der Waals surface area contributed by atoms with Crippen molar-refractivity contribution >= 4 is 6.29 Å². The summed E-state index contributed by atoms with van der Waals surface area (Å²) >= 11 is 0. The third kappa shape index (κ3) is 18.6. The summed E-state index contributed by atoms with van der Waals surface area (Å²) in [6.07, 6.45) is 1.25. The normalized spacial score (nSPS) is 4.57. The van der Waals surface area contributed by atoms with Gasteiger partial charge in [0, 0.05) is 65.4 Å². The Bertz CT molecular complexity index is 64.0. The van der Waals surface area contributed by atoms with Gasteiger partial charge in [-0.2, -0.15) is 0 Å². The molecular weight excluding hydrogens is 244 g/mol. The van der Waals surface area contributed by atoms with Crippen LogP contribution in [0.15, 0.2) is 12.3 Å². The zero-order valence-corrected chi connectivity index (χ0v) is 9.45. The summed E-state index contributed by atoms with van der Waals surface area (Å²) in [6.45, 7) is 2.92. The van der Waals surface area contributed by atoms with Gasteiger partial charge in [0.2, 0.25) is 0 Å². The Balaban J connectivity index is -0.0000000800. The van der Waals surface area contributed by atoms with E-state index in [4.69, 9.17) is 10.5 Å². The average molecular weight is 247 g/mol. The van der Waals surface area contributed by atoms with Gasteiger partial charge in [0.15, 0.2) is 0 Å². The molecule has 0 spiro atoms. The molecule has 0 fully saturated rings. The van der Waals surface area contributed by atoms with Crippen LogP contribution in [-0.4, -0.2) is 6.29 Å². The molecule has 0 aliphatic carbocycles. The van der Waals surface area contributed by atoms with E-state index >= 15 is 0 Å². The van der Waals surface area contributed by atoms with Gasteiger partial charge < -0.3 is 10.5 Å². The monoisotopic (exact) mass is 247 g/mol. The van der Waals surface area contributed by atoms with Crippen molar-refractivity contribution in [1.82, 2.24) is 0 Å². The van der Waals surface area contributed by atoms with Crippen molar-refractivity contribution in [2.24, 2.45) is 0 Å². The minimum Gasteiger partial charge on any atom is -0.728 e. The van der Waals surface area contributed by atoms with Crippen LogP contribution in [0.4, 0.5) is 0 Å². The molecule has 0 atom stereocenters. The maximum absolute atomic E-state index is 9.09. The molecule has 7 heavy (non-hydrogen) atoms. The molecule has 0 bridgehead atoms. The summed E-state index contributed by atoms with van der Waals surface area (Å²) in [4.78, 5) is 9.09. The second-order valence-corrected chi connectivity index (χ2v) is 0.581. The van der Waals surface area contributed by atoms with Crippen molar-refractivity contribution in [2.45, 2.75) is 0 Å². The van der Waals surface area contributed by atoms with Gasteiger partial charge in [-0.05, 0) is 6.29 Å². The Morgan fingerprint density at radius 2 is 1.71 bits per heavy atom. The number of hydrogen-bond donors (Lipinski definition) is 0. The zero-order valence-electron chi connectivity index (χ0n) is 3.77. The van der Waals surface area contributed by atoms with E-state index in [1.807, 2.05) is 0 Å². The molecule has 34 valence electrons. The fourth-order valence-corrected chi connectivity index (χ4v) is 0. The molecule has 0 aromatic rings. The number of allylic oxidation sites excluding steroid dienone is 1. The Morgan fingerprint density at radius 1 is 1.57 bits per heavy atom. The number of hydrogen-bond acceptors (Lipinski definition) is 1. The van der Waals surface area contributed by atoms with Crippen LogP contribution in [0.1, 0.15) is 0 Å². The Labute approximate surface area is 93.0 Å². The van der Waals surface area contributed by atoms with Crippen molar-refractivity contribution in [3.63, 3.8) is 0 Å². The third-order valence-electron chi connectivity index (χ3n) is 0.123. The topological polar surface area (TPSA) is 40.9 Å². The smallest absolute Gasteiger partial charge is 0 e. The quantitative estimate of drug-likeness (QED) is 0.495. The van der Waals surface area contributed by atoms with Crippen molar-refractivity contribution in [1.29, 1.82) is 0 Å². The van der Waals surface area contributed by atoms with Crippen LogP contribution < -0.4 is 0 Å². The summed E-state index contributed by atoms with van der Waals surface area (Å²) in [6, 6.07) is 0. The van der Waals surface area contributed by atoms with E-state index in [0.29, 0.717) is 0 Å². The van der Waals surface area contributed by atoms with E-state index in [2.05, 4.69) is 6.58 Å². The Kier molecular flexibility index (Phi) is 23.5. The van der Waals surface area contributed by atoms with E-state index in [1.54, 1.807) is 0 Å². The van der Waals surface area contributed by atoms with Gasteiger partial charge in [-0.1, -0.05) is 0 Å². The molecule has 0 amide bonds. The van der Waals surface area contributed by atoms with Crippen molar-refractivity contribution in [3.8, 4) is 0 Å². The van der Waals surface area contributed by atoms with E-state index in [-0.39, 0.29) is 71.1 Å². The third-order valence-corrected chi connectivity index (χ3v) is 0.123. The molecule has 0 aromatic heterocycles. The first kappa shape index (κ1) is 15.8. The van der Waals surface area contributed by atoms with Gasteiger partial charge in [0.1, 0.15) is 0 Å². The fourth-order valence-electron chi connectivity index (χ4n) is 0. The molecule has 0 aliphatic heterocycles. The standard InChI is InChI=1S/C3H3NO.2Y/c1-3(4)2-5;;/h4H,1H2;;/q-2;;. The van der Waals surface area contributed by atoms with Gasteiger partial charge in [-0.3, -0.25) is 12.3 Å².